The Labute approximate surface area is 207 Å². The summed E-state index contributed by atoms with van der Waals surface area (Å²) in [5, 5.41) is 2.97. The molecular formula is C29H33N3O3. The summed E-state index contributed by atoms with van der Waals surface area (Å²) in [5.41, 5.74) is 9.90. The number of amides is 2. The molecule has 1 saturated heterocycles. The van der Waals surface area contributed by atoms with E-state index >= 15 is 0 Å². The minimum atomic E-state index is -0.592. The molecule has 0 unspecified atom stereocenters. The van der Waals surface area contributed by atoms with E-state index in [0.29, 0.717) is 25.9 Å². The lowest BCUT2D eigenvalue weighted by atomic mass is 9.96. The van der Waals surface area contributed by atoms with E-state index in [-0.39, 0.29) is 11.8 Å². The first-order valence-electron chi connectivity index (χ1n) is 12.2. The predicted molar refractivity (Wildman–Crippen MR) is 138 cm³/mol. The van der Waals surface area contributed by atoms with Crippen LogP contribution in [0.1, 0.15) is 30.4 Å². The lowest BCUT2D eigenvalue weighted by Crippen LogP contribution is -2.63. The normalized spacial score (nSPS) is 17.8. The van der Waals surface area contributed by atoms with Gasteiger partial charge in [0.25, 0.3) is 0 Å². The average molecular weight is 472 g/mol. The number of nitrogens with one attached hydrogen (secondary N) is 1. The SMILES string of the molecule is COc1ccc(C[C@@H]2NC(=O)[C@H](CCCCN)N(Cc3ccc(-c4ccccc4)cc3)C2=O)cc1. The first kappa shape index (κ1) is 24.5. The highest BCUT2D eigenvalue weighted by Crippen LogP contribution is 2.24. The zero-order valence-electron chi connectivity index (χ0n) is 20.2. The highest BCUT2D eigenvalue weighted by atomic mass is 16.5. The van der Waals surface area contributed by atoms with Gasteiger partial charge in [-0.3, -0.25) is 9.59 Å². The van der Waals surface area contributed by atoms with Gasteiger partial charge in [0.2, 0.25) is 11.8 Å². The Morgan fingerprint density at radius 3 is 2.17 bits per heavy atom. The Bertz CT molecular complexity index is 1110. The van der Waals surface area contributed by atoms with Crippen LogP contribution in [0.4, 0.5) is 0 Å². The van der Waals surface area contributed by atoms with E-state index in [4.69, 9.17) is 10.5 Å². The maximum Gasteiger partial charge on any atom is 0.246 e. The van der Waals surface area contributed by atoms with Gasteiger partial charge >= 0.3 is 0 Å². The fourth-order valence-corrected chi connectivity index (χ4v) is 4.55. The standard InChI is InChI=1S/C29H33N3O3/c1-35-25-16-12-21(13-17-25)19-26-29(34)32(27(28(33)31-26)9-5-6-18-30)20-22-10-14-24(15-11-22)23-7-3-2-4-8-23/h2-4,7-8,10-17,26-27H,5-6,9,18-20,30H2,1H3,(H,31,33)/t26-,27-/m0/s1. The Kier molecular flexibility index (Phi) is 8.16. The molecule has 0 saturated carbocycles. The van der Waals surface area contributed by atoms with Gasteiger partial charge in [0.1, 0.15) is 17.8 Å². The average Bonchev–Trinajstić information content (AvgIpc) is 2.90. The number of benzene rings is 3. The smallest absolute Gasteiger partial charge is 0.246 e. The highest BCUT2D eigenvalue weighted by molar-refractivity contribution is 5.97. The van der Waals surface area contributed by atoms with Crippen LogP contribution in [0.15, 0.2) is 78.9 Å². The van der Waals surface area contributed by atoms with Crippen LogP contribution in [0, 0.1) is 0 Å². The Hall–Kier alpha value is -3.64. The van der Waals surface area contributed by atoms with Crippen molar-refractivity contribution in [3.8, 4) is 16.9 Å². The molecule has 3 aromatic rings. The molecule has 0 radical (unpaired) electrons. The summed E-state index contributed by atoms with van der Waals surface area (Å²) in [6.45, 7) is 0.969. The van der Waals surface area contributed by atoms with Crippen molar-refractivity contribution in [1.29, 1.82) is 0 Å². The highest BCUT2D eigenvalue weighted by Gasteiger charge is 2.40. The molecule has 1 fully saturated rings. The number of unbranched alkanes of at least 4 members (excludes halogenated alkanes) is 1. The van der Waals surface area contributed by atoms with Gasteiger partial charge in [-0.2, -0.15) is 0 Å². The van der Waals surface area contributed by atoms with E-state index in [1.54, 1.807) is 12.0 Å². The number of methoxy groups -OCH3 is 1. The summed E-state index contributed by atoms with van der Waals surface area (Å²) in [6.07, 6.45) is 2.67. The van der Waals surface area contributed by atoms with Crippen molar-refractivity contribution in [1.82, 2.24) is 10.2 Å². The van der Waals surface area contributed by atoms with Gasteiger partial charge in [0.15, 0.2) is 0 Å². The van der Waals surface area contributed by atoms with Crippen molar-refractivity contribution in [2.24, 2.45) is 5.73 Å². The molecule has 4 rings (SSSR count). The third-order valence-electron chi connectivity index (χ3n) is 6.52. The van der Waals surface area contributed by atoms with Gasteiger partial charge in [-0.15, -0.1) is 0 Å². The Morgan fingerprint density at radius 2 is 1.51 bits per heavy atom. The molecule has 0 aromatic heterocycles. The summed E-state index contributed by atoms with van der Waals surface area (Å²) in [7, 11) is 1.62. The second-order valence-corrected chi connectivity index (χ2v) is 8.94. The molecule has 6 nitrogen and oxygen atoms in total. The van der Waals surface area contributed by atoms with E-state index in [0.717, 1.165) is 40.8 Å². The van der Waals surface area contributed by atoms with Gasteiger partial charge in [-0.25, -0.2) is 0 Å². The molecule has 1 heterocycles. The quantitative estimate of drug-likeness (QED) is 0.439. The molecule has 0 bridgehead atoms. The molecule has 182 valence electrons. The molecule has 1 aliphatic rings. The van der Waals surface area contributed by atoms with Crippen LogP contribution in [-0.2, 0) is 22.6 Å². The second kappa shape index (κ2) is 11.7. The van der Waals surface area contributed by atoms with Crippen LogP contribution in [-0.4, -0.2) is 42.5 Å². The molecule has 0 aliphatic carbocycles. The van der Waals surface area contributed by atoms with Gasteiger partial charge in [-0.1, -0.05) is 66.7 Å². The van der Waals surface area contributed by atoms with Crippen LogP contribution < -0.4 is 15.8 Å². The molecule has 3 aromatic carbocycles. The fourth-order valence-electron chi connectivity index (χ4n) is 4.55. The van der Waals surface area contributed by atoms with Crippen molar-refractivity contribution < 1.29 is 14.3 Å². The summed E-state index contributed by atoms with van der Waals surface area (Å²) in [5.74, 6) is 0.611. The third kappa shape index (κ3) is 6.08. The molecule has 2 atom stereocenters. The van der Waals surface area contributed by atoms with Gasteiger partial charge in [0.05, 0.1) is 7.11 Å². The number of nitrogens with two attached hydrogens (primary N) is 1. The molecule has 1 aliphatic heterocycles. The summed E-state index contributed by atoms with van der Waals surface area (Å²) in [6, 6.07) is 24.9. The van der Waals surface area contributed by atoms with Crippen molar-refractivity contribution in [2.75, 3.05) is 13.7 Å². The number of hydrogen-bond acceptors (Lipinski definition) is 4. The number of hydrogen-bond donors (Lipinski definition) is 2. The minimum Gasteiger partial charge on any atom is -0.497 e. The number of nitrogens with zero attached hydrogens (tertiary/aromatic N) is 1. The van der Waals surface area contributed by atoms with Crippen molar-refractivity contribution in [3.05, 3.63) is 90.0 Å². The summed E-state index contributed by atoms with van der Waals surface area (Å²) in [4.78, 5) is 28.5. The first-order valence-corrected chi connectivity index (χ1v) is 12.2. The number of carbonyl (C=O) groups excluding carboxylic acids is 2. The van der Waals surface area contributed by atoms with E-state index < -0.39 is 12.1 Å². The van der Waals surface area contributed by atoms with Gasteiger partial charge in [-0.05, 0) is 60.2 Å². The lowest BCUT2D eigenvalue weighted by Gasteiger charge is -2.39. The molecular weight excluding hydrogens is 438 g/mol. The van der Waals surface area contributed by atoms with E-state index in [9.17, 15) is 9.59 Å². The number of rotatable bonds is 10. The van der Waals surface area contributed by atoms with Gasteiger partial charge in [0, 0.05) is 13.0 Å². The van der Waals surface area contributed by atoms with Crippen molar-refractivity contribution in [2.45, 2.75) is 44.3 Å². The first-order chi connectivity index (χ1) is 17.1. The molecule has 35 heavy (non-hydrogen) atoms. The Morgan fingerprint density at radius 1 is 0.857 bits per heavy atom. The van der Waals surface area contributed by atoms with E-state index in [2.05, 4.69) is 29.6 Å². The maximum absolute atomic E-state index is 13.6. The fraction of sp³-hybridized carbons (Fsp3) is 0.310. The summed E-state index contributed by atoms with van der Waals surface area (Å²) >= 11 is 0. The maximum atomic E-state index is 13.6. The van der Waals surface area contributed by atoms with E-state index in [1.807, 2.05) is 54.6 Å². The van der Waals surface area contributed by atoms with Gasteiger partial charge < -0.3 is 20.7 Å². The molecule has 6 heteroatoms. The van der Waals surface area contributed by atoms with Crippen LogP contribution in [0.5, 0.6) is 5.75 Å². The number of piperazine rings is 1. The van der Waals surface area contributed by atoms with E-state index in [1.165, 1.54) is 0 Å². The molecule has 3 N–H and O–H groups in total. The largest absolute Gasteiger partial charge is 0.497 e. The zero-order chi connectivity index (χ0) is 24.6. The third-order valence-corrected chi connectivity index (χ3v) is 6.52. The minimum absolute atomic E-state index is 0.0506. The number of ether oxygens (including phenoxy) is 1. The van der Waals surface area contributed by atoms with Crippen LogP contribution in [0.25, 0.3) is 11.1 Å². The molecule has 0 spiro atoms. The summed E-state index contributed by atoms with van der Waals surface area (Å²) < 4.78 is 5.22. The molecule has 2 amide bonds. The topological polar surface area (TPSA) is 84.7 Å². The predicted octanol–water partition coefficient (Wildman–Crippen LogP) is 3.93. The number of carbonyl (C=O) groups is 2. The van der Waals surface area contributed by atoms with Crippen molar-refractivity contribution >= 4 is 11.8 Å². The monoisotopic (exact) mass is 471 g/mol. The van der Waals surface area contributed by atoms with Crippen LogP contribution >= 0.6 is 0 Å². The zero-order valence-corrected chi connectivity index (χ0v) is 20.2. The van der Waals surface area contributed by atoms with Crippen LogP contribution in [0.3, 0.4) is 0 Å². The Balaban J connectivity index is 1.53. The lowest BCUT2D eigenvalue weighted by molar-refractivity contribution is -0.150. The second-order valence-electron chi connectivity index (χ2n) is 8.94. The van der Waals surface area contributed by atoms with Crippen molar-refractivity contribution in [3.63, 3.8) is 0 Å². The van der Waals surface area contributed by atoms with Crippen LogP contribution in [0.2, 0.25) is 0 Å².